The Balaban J connectivity index is 0.00000620. The van der Waals surface area contributed by atoms with Gasteiger partial charge in [-0.15, -0.1) is 0 Å². The maximum Gasteiger partial charge on any atom is 1.00 e. The molecule has 0 fully saturated rings. The van der Waals surface area contributed by atoms with Crippen LogP contribution in [-0.2, 0) is 31.1 Å². The summed E-state index contributed by atoms with van der Waals surface area (Å²) in [7, 11) is -8.57. The number of anilines is 1. The standard InChI is InChI=1S/C45H52N2O7S2.Na/c1-44(2)37-16-5-7-18-39(37)46(28-9-11-30-55(49,50)51)41(44)26-24-34-14-13-15-35(43(34)36-22-20-33(32-48)21-23-36)25-27-42-45(3,4)38-17-6-8-19-40(38)47(42)29-10-12-31-56(52,53)54;/h5-8,16-27,32H,9-15,28-31H2,1-4H3,(H-,49,50,51,52,53,54);/q;+1/p-1. The predicted molar refractivity (Wildman–Crippen MR) is 222 cm³/mol. The first-order valence-electron chi connectivity index (χ1n) is 19.4. The van der Waals surface area contributed by atoms with Crippen LogP contribution in [0.15, 0.2) is 114 Å². The second-order valence-corrected chi connectivity index (χ2v) is 19.0. The summed E-state index contributed by atoms with van der Waals surface area (Å²) in [6.07, 6.45) is 14.0. The van der Waals surface area contributed by atoms with Crippen molar-refractivity contribution in [2.75, 3.05) is 29.5 Å². The second kappa shape index (κ2) is 18.2. The molecule has 9 nitrogen and oxygen atoms in total. The quantitative estimate of drug-likeness (QED) is 0.0660. The van der Waals surface area contributed by atoms with Gasteiger partial charge in [0.15, 0.2) is 5.71 Å². The number of carbonyl (C=O) groups excluding carboxylic acids is 1. The van der Waals surface area contributed by atoms with Gasteiger partial charge < -0.3 is 14.0 Å². The number of benzene rings is 3. The van der Waals surface area contributed by atoms with Crippen molar-refractivity contribution >= 4 is 49.2 Å². The zero-order chi connectivity index (χ0) is 40.3. The fourth-order valence-electron chi connectivity index (χ4n) is 8.58. The number of unbranched alkanes of at least 4 members (excludes halogenated alkanes) is 2. The van der Waals surface area contributed by atoms with Gasteiger partial charge in [0, 0.05) is 64.5 Å². The molecule has 12 heteroatoms. The number of allylic oxidation sites excluding steroid dienone is 8. The molecule has 6 rings (SSSR count). The summed E-state index contributed by atoms with van der Waals surface area (Å²) in [4.78, 5) is 13.9. The topological polar surface area (TPSA) is 138 Å². The molecule has 3 aliphatic rings. The number of hydrogen-bond donors (Lipinski definition) is 0. The van der Waals surface area contributed by atoms with Crippen LogP contribution in [0, 0.1) is 0 Å². The molecule has 0 unspecified atom stereocenters. The SMILES string of the molecule is CC1(C)C(/C=C/C2=C(c3ccc(C=O)cc3)C(=C/C=C3\N(CCCCS(=O)(=O)[O-])c4ccccc4C3(C)C)/CCC2)=[N+](CCCCS(=O)(=O)[O-])c2ccccc21.[Na+]. The molecule has 0 amide bonds. The molecule has 2 aliphatic heterocycles. The first-order valence-corrected chi connectivity index (χ1v) is 22.5. The number of hydrogen-bond acceptors (Lipinski definition) is 8. The zero-order valence-corrected chi connectivity index (χ0v) is 37.3. The van der Waals surface area contributed by atoms with Crippen molar-refractivity contribution in [3.05, 3.63) is 136 Å². The Morgan fingerprint density at radius 2 is 1.37 bits per heavy atom. The van der Waals surface area contributed by atoms with E-state index in [0.29, 0.717) is 44.3 Å². The molecule has 0 saturated carbocycles. The minimum Gasteiger partial charge on any atom is -0.748 e. The van der Waals surface area contributed by atoms with Gasteiger partial charge in [-0.1, -0.05) is 86.7 Å². The minimum absolute atomic E-state index is 0. The average Bonchev–Trinajstić information content (AvgIpc) is 3.50. The van der Waals surface area contributed by atoms with Crippen LogP contribution in [-0.4, -0.2) is 67.1 Å². The van der Waals surface area contributed by atoms with Crippen molar-refractivity contribution in [1.82, 2.24) is 0 Å². The van der Waals surface area contributed by atoms with E-state index in [4.69, 9.17) is 0 Å². The van der Waals surface area contributed by atoms with Gasteiger partial charge in [0.1, 0.15) is 12.8 Å². The third-order valence-electron chi connectivity index (χ3n) is 11.4. The van der Waals surface area contributed by atoms with Crippen molar-refractivity contribution in [2.24, 2.45) is 0 Å². The number of para-hydroxylation sites is 2. The molecule has 0 atom stereocenters. The summed E-state index contributed by atoms with van der Waals surface area (Å²) in [6, 6.07) is 24.2. The van der Waals surface area contributed by atoms with Crippen LogP contribution in [0.1, 0.15) is 99.7 Å². The van der Waals surface area contributed by atoms with Crippen LogP contribution in [0.4, 0.5) is 11.4 Å². The van der Waals surface area contributed by atoms with E-state index in [1.54, 1.807) is 0 Å². The molecule has 0 radical (unpaired) electrons. The van der Waals surface area contributed by atoms with Gasteiger partial charge in [0.2, 0.25) is 5.69 Å². The van der Waals surface area contributed by atoms with Gasteiger partial charge in [0.25, 0.3) is 0 Å². The third kappa shape index (κ3) is 10.2. The smallest absolute Gasteiger partial charge is 0.748 e. The monoisotopic (exact) mass is 818 g/mol. The zero-order valence-electron chi connectivity index (χ0n) is 33.7. The van der Waals surface area contributed by atoms with E-state index in [9.17, 15) is 30.7 Å². The Morgan fingerprint density at radius 1 is 0.737 bits per heavy atom. The molecule has 0 aromatic heterocycles. The summed E-state index contributed by atoms with van der Waals surface area (Å²) in [5, 5.41) is 0. The molecule has 0 bridgehead atoms. The van der Waals surface area contributed by atoms with Crippen molar-refractivity contribution in [2.45, 2.75) is 83.5 Å². The number of fused-ring (bicyclic) bond motifs is 2. The van der Waals surface area contributed by atoms with E-state index >= 15 is 0 Å². The molecule has 3 aromatic rings. The van der Waals surface area contributed by atoms with E-state index in [-0.39, 0.29) is 51.9 Å². The largest absolute Gasteiger partial charge is 1.00 e. The van der Waals surface area contributed by atoms with E-state index in [0.717, 1.165) is 59.5 Å². The first kappa shape index (κ1) is 44.7. The van der Waals surface area contributed by atoms with Gasteiger partial charge in [-0.3, -0.25) is 4.79 Å². The molecule has 0 saturated heterocycles. The van der Waals surface area contributed by atoms with Gasteiger partial charge in [-0.25, -0.2) is 16.8 Å². The molecule has 0 N–H and O–H groups in total. The molecular weight excluding hydrogens is 768 g/mol. The molecule has 3 aromatic carbocycles. The first-order chi connectivity index (χ1) is 26.5. The summed E-state index contributed by atoms with van der Waals surface area (Å²) >= 11 is 0. The maximum absolute atomic E-state index is 11.6. The van der Waals surface area contributed by atoms with Crippen LogP contribution in [0.2, 0.25) is 0 Å². The molecule has 2 heterocycles. The summed E-state index contributed by atoms with van der Waals surface area (Å²) < 4.78 is 70.3. The van der Waals surface area contributed by atoms with Gasteiger partial charge >= 0.3 is 29.6 Å². The maximum atomic E-state index is 11.6. The van der Waals surface area contributed by atoms with E-state index < -0.39 is 20.2 Å². The fraction of sp³-hybridized carbons (Fsp3) is 0.378. The number of rotatable bonds is 15. The van der Waals surface area contributed by atoms with Crippen LogP contribution in [0.25, 0.3) is 5.57 Å². The third-order valence-corrected chi connectivity index (χ3v) is 13.0. The van der Waals surface area contributed by atoms with E-state index in [2.05, 4.69) is 85.7 Å². The van der Waals surface area contributed by atoms with Crippen LogP contribution in [0.3, 0.4) is 0 Å². The summed E-state index contributed by atoms with van der Waals surface area (Å²) in [6.45, 7) is 9.96. The number of aldehydes is 1. The van der Waals surface area contributed by atoms with Crippen molar-refractivity contribution in [1.29, 1.82) is 0 Å². The Bertz CT molecular complexity index is 2370. The van der Waals surface area contributed by atoms with Crippen LogP contribution in [0.5, 0.6) is 0 Å². The van der Waals surface area contributed by atoms with Gasteiger partial charge in [-0.05, 0) is 92.4 Å². The second-order valence-electron chi connectivity index (χ2n) is 16.0. The normalized spacial score (nSPS) is 19.0. The molecular formula is C45H51N2NaO7S2. The number of nitrogens with zero attached hydrogens (tertiary/aromatic N) is 2. The van der Waals surface area contributed by atoms with Crippen molar-refractivity contribution in [3.8, 4) is 0 Å². The molecule has 0 spiro atoms. The van der Waals surface area contributed by atoms with E-state index in [1.807, 2.05) is 48.5 Å². The molecule has 1 aliphatic carbocycles. The predicted octanol–water partition coefficient (Wildman–Crippen LogP) is 5.33. The van der Waals surface area contributed by atoms with Crippen LogP contribution >= 0.6 is 0 Å². The van der Waals surface area contributed by atoms with Gasteiger partial charge in [0.05, 0.1) is 25.7 Å². The number of carbonyl (C=O) groups is 1. The van der Waals surface area contributed by atoms with E-state index in [1.165, 1.54) is 22.3 Å². The molecule has 296 valence electrons. The van der Waals surface area contributed by atoms with Crippen LogP contribution < -0.4 is 34.5 Å². The Hall–Kier alpha value is -3.42. The van der Waals surface area contributed by atoms with Crippen molar-refractivity contribution in [3.63, 3.8) is 0 Å². The van der Waals surface area contributed by atoms with Gasteiger partial charge in [-0.2, -0.15) is 4.58 Å². The van der Waals surface area contributed by atoms with Crippen molar-refractivity contribution < 1.29 is 64.9 Å². The Kier molecular flexibility index (Phi) is 14.3. The Morgan fingerprint density at radius 3 is 2.04 bits per heavy atom. The summed E-state index contributed by atoms with van der Waals surface area (Å²) in [5.74, 6) is -0.761. The Labute approximate surface area is 360 Å². The fourth-order valence-corrected chi connectivity index (χ4v) is 9.69. The minimum atomic E-state index is -4.29. The average molecular weight is 819 g/mol. The molecule has 57 heavy (non-hydrogen) atoms. The summed E-state index contributed by atoms with van der Waals surface area (Å²) in [5.41, 5.74) is 11.1.